The van der Waals surface area contributed by atoms with Crippen LogP contribution in [0.2, 0.25) is 0 Å². The van der Waals surface area contributed by atoms with Crippen molar-refractivity contribution in [2.45, 2.75) is 42.6 Å². The van der Waals surface area contributed by atoms with Gasteiger partial charge in [0.15, 0.2) is 9.84 Å². The lowest BCUT2D eigenvalue weighted by molar-refractivity contribution is 0.0652. The van der Waals surface area contributed by atoms with Gasteiger partial charge in [0.05, 0.1) is 27.7 Å². The van der Waals surface area contributed by atoms with Gasteiger partial charge < -0.3 is 4.90 Å². The fourth-order valence-corrected chi connectivity index (χ4v) is 6.01. The van der Waals surface area contributed by atoms with Crippen molar-refractivity contribution in [3.05, 3.63) is 36.2 Å². The molecule has 1 aliphatic carbocycles. The first-order chi connectivity index (χ1) is 12.1. The number of para-hydroxylation sites is 2. The molecule has 1 aromatic heterocycles. The minimum absolute atomic E-state index is 0.219. The zero-order valence-electron chi connectivity index (χ0n) is 14.0. The van der Waals surface area contributed by atoms with Gasteiger partial charge in [-0.05, 0) is 25.0 Å². The standard InChI is InChI=1S/C18H21N3O3S/c22-18(17-10-19-15-8-4-5-9-16(15)20-17)21-11-14(12-21)25(23,24)13-6-2-1-3-7-13/h4-5,8-10,13-14H,1-3,6-7,11-12H2. The first kappa shape index (κ1) is 16.4. The molecule has 2 fully saturated rings. The van der Waals surface area contributed by atoms with E-state index in [0.29, 0.717) is 5.52 Å². The third-order valence-electron chi connectivity index (χ3n) is 5.28. The van der Waals surface area contributed by atoms with Gasteiger partial charge in [0.25, 0.3) is 5.91 Å². The minimum atomic E-state index is -3.14. The van der Waals surface area contributed by atoms with Crippen LogP contribution in [-0.2, 0) is 9.84 Å². The maximum Gasteiger partial charge on any atom is 0.274 e. The summed E-state index contributed by atoms with van der Waals surface area (Å²) < 4.78 is 25.4. The third kappa shape index (κ3) is 3.01. The fourth-order valence-electron chi connectivity index (χ4n) is 3.70. The van der Waals surface area contributed by atoms with Gasteiger partial charge in [0.2, 0.25) is 0 Å². The van der Waals surface area contributed by atoms with E-state index in [0.717, 1.165) is 37.6 Å². The minimum Gasteiger partial charge on any atom is -0.335 e. The molecule has 1 saturated heterocycles. The van der Waals surface area contributed by atoms with Crippen molar-refractivity contribution in [3.63, 3.8) is 0 Å². The smallest absolute Gasteiger partial charge is 0.274 e. The molecule has 0 radical (unpaired) electrons. The molecule has 0 spiro atoms. The molecule has 0 N–H and O–H groups in total. The Hall–Kier alpha value is -2.02. The number of nitrogens with zero attached hydrogens (tertiary/aromatic N) is 3. The lowest BCUT2D eigenvalue weighted by atomic mass is 10.0. The summed E-state index contributed by atoms with van der Waals surface area (Å²) in [5.74, 6) is -0.242. The highest BCUT2D eigenvalue weighted by Gasteiger charge is 2.44. The Morgan fingerprint density at radius 1 is 1.00 bits per heavy atom. The van der Waals surface area contributed by atoms with Crippen LogP contribution in [0.3, 0.4) is 0 Å². The van der Waals surface area contributed by atoms with Crippen LogP contribution >= 0.6 is 0 Å². The Kier molecular flexibility index (Phi) is 4.19. The van der Waals surface area contributed by atoms with Gasteiger partial charge in [-0.1, -0.05) is 31.4 Å². The Balaban J connectivity index is 1.44. The SMILES string of the molecule is O=C(c1cnc2ccccc2n1)N1CC(S(=O)(=O)C2CCCCC2)C1. The molecule has 7 heteroatoms. The number of benzene rings is 1. The topological polar surface area (TPSA) is 80.2 Å². The number of sulfone groups is 1. The quantitative estimate of drug-likeness (QED) is 0.839. The Morgan fingerprint density at radius 2 is 1.68 bits per heavy atom. The summed E-state index contributed by atoms with van der Waals surface area (Å²) in [6.45, 7) is 0.540. The Labute approximate surface area is 147 Å². The molecule has 25 heavy (non-hydrogen) atoms. The van der Waals surface area contributed by atoms with E-state index in [9.17, 15) is 13.2 Å². The normalized spacial score (nSPS) is 19.8. The van der Waals surface area contributed by atoms with Gasteiger partial charge in [-0.2, -0.15) is 0 Å². The molecule has 2 aromatic rings. The number of hydrogen-bond acceptors (Lipinski definition) is 5. The molecule has 1 saturated carbocycles. The molecule has 132 valence electrons. The first-order valence-electron chi connectivity index (χ1n) is 8.79. The molecule has 6 nitrogen and oxygen atoms in total. The molecule has 1 amide bonds. The number of hydrogen-bond donors (Lipinski definition) is 0. The number of fused-ring (bicyclic) bond motifs is 1. The van der Waals surface area contributed by atoms with Crippen molar-refractivity contribution >= 4 is 26.8 Å². The van der Waals surface area contributed by atoms with Gasteiger partial charge in [-0.3, -0.25) is 9.78 Å². The Bertz CT molecular complexity index is 901. The van der Waals surface area contributed by atoms with Crippen LogP contribution in [0.5, 0.6) is 0 Å². The van der Waals surface area contributed by atoms with Gasteiger partial charge >= 0.3 is 0 Å². The van der Waals surface area contributed by atoms with Crippen LogP contribution in [0.15, 0.2) is 30.5 Å². The van der Waals surface area contributed by atoms with Crippen LogP contribution < -0.4 is 0 Å². The zero-order chi connectivity index (χ0) is 17.4. The number of rotatable bonds is 3. The first-order valence-corrected chi connectivity index (χ1v) is 10.4. The van der Waals surface area contributed by atoms with Crippen molar-refractivity contribution in [1.82, 2.24) is 14.9 Å². The Morgan fingerprint density at radius 3 is 2.40 bits per heavy atom. The third-order valence-corrected chi connectivity index (χ3v) is 7.91. The predicted octanol–water partition coefficient (Wildman–Crippen LogP) is 2.20. The molecule has 0 bridgehead atoms. The highest BCUT2D eigenvalue weighted by molar-refractivity contribution is 7.92. The largest absolute Gasteiger partial charge is 0.335 e. The van der Waals surface area contributed by atoms with Gasteiger partial charge in [-0.15, -0.1) is 0 Å². The lowest BCUT2D eigenvalue weighted by Gasteiger charge is -2.40. The van der Waals surface area contributed by atoms with E-state index in [1.165, 1.54) is 6.20 Å². The molecule has 0 unspecified atom stereocenters. The summed E-state index contributed by atoms with van der Waals surface area (Å²) in [7, 11) is -3.14. The van der Waals surface area contributed by atoms with Crippen LogP contribution in [0, 0.1) is 0 Å². The van der Waals surface area contributed by atoms with E-state index in [-0.39, 0.29) is 29.9 Å². The number of carbonyl (C=O) groups excluding carboxylic acids is 1. The number of likely N-dealkylation sites (tertiary alicyclic amines) is 1. The fraction of sp³-hybridized carbons (Fsp3) is 0.500. The van der Waals surface area contributed by atoms with Gasteiger partial charge in [0, 0.05) is 13.1 Å². The average molecular weight is 359 g/mol. The molecule has 2 aliphatic rings. The van der Waals surface area contributed by atoms with Crippen molar-refractivity contribution in [3.8, 4) is 0 Å². The average Bonchev–Trinajstić information content (AvgIpc) is 2.60. The maximum atomic E-state index is 12.7. The van der Waals surface area contributed by atoms with Crippen LogP contribution in [-0.4, -0.2) is 52.8 Å². The van der Waals surface area contributed by atoms with E-state index < -0.39 is 15.1 Å². The second-order valence-corrected chi connectivity index (χ2v) is 9.44. The monoisotopic (exact) mass is 359 g/mol. The van der Waals surface area contributed by atoms with Crippen LogP contribution in [0.4, 0.5) is 0 Å². The summed E-state index contributed by atoms with van der Waals surface area (Å²) in [5, 5.41) is -0.642. The highest BCUT2D eigenvalue weighted by atomic mass is 32.2. The number of aromatic nitrogens is 2. The zero-order valence-corrected chi connectivity index (χ0v) is 14.8. The molecule has 1 aromatic carbocycles. The second-order valence-electron chi connectivity index (χ2n) is 6.93. The predicted molar refractivity (Wildman–Crippen MR) is 95.0 cm³/mol. The summed E-state index contributed by atoms with van der Waals surface area (Å²) in [4.78, 5) is 22.7. The van der Waals surface area contributed by atoms with E-state index in [2.05, 4.69) is 9.97 Å². The van der Waals surface area contributed by atoms with Gasteiger partial charge in [-0.25, -0.2) is 13.4 Å². The number of amides is 1. The molecule has 2 heterocycles. The van der Waals surface area contributed by atoms with E-state index in [1.807, 2.05) is 24.3 Å². The summed E-state index contributed by atoms with van der Waals surface area (Å²) >= 11 is 0. The maximum absolute atomic E-state index is 12.7. The van der Waals surface area contributed by atoms with Gasteiger partial charge in [0.1, 0.15) is 5.69 Å². The van der Waals surface area contributed by atoms with Crippen molar-refractivity contribution in [2.75, 3.05) is 13.1 Å². The van der Waals surface area contributed by atoms with E-state index >= 15 is 0 Å². The highest BCUT2D eigenvalue weighted by Crippen LogP contribution is 2.30. The second kappa shape index (κ2) is 6.37. The molecule has 0 atom stereocenters. The van der Waals surface area contributed by atoms with Crippen LogP contribution in [0.25, 0.3) is 11.0 Å². The van der Waals surface area contributed by atoms with Crippen molar-refractivity contribution in [1.29, 1.82) is 0 Å². The number of carbonyl (C=O) groups is 1. The molecule has 4 rings (SSSR count). The van der Waals surface area contributed by atoms with E-state index in [4.69, 9.17) is 0 Å². The summed E-state index contributed by atoms with van der Waals surface area (Å²) in [5.41, 5.74) is 1.67. The van der Waals surface area contributed by atoms with Crippen molar-refractivity contribution < 1.29 is 13.2 Å². The van der Waals surface area contributed by atoms with E-state index in [1.54, 1.807) is 4.90 Å². The molecule has 1 aliphatic heterocycles. The molecular weight excluding hydrogens is 338 g/mol. The molecular formula is C18H21N3O3S. The lowest BCUT2D eigenvalue weighted by Crippen LogP contribution is -2.58. The summed E-state index contributed by atoms with van der Waals surface area (Å²) in [6.07, 6.45) is 6.11. The summed E-state index contributed by atoms with van der Waals surface area (Å²) in [6, 6.07) is 7.37. The van der Waals surface area contributed by atoms with Crippen molar-refractivity contribution in [2.24, 2.45) is 0 Å². The van der Waals surface area contributed by atoms with Crippen LogP contribution in [0.1, 0.15) is 42.6 Å².